The first-order chi connectivity index (χ1) is 9.70. The summed E-state index contributed by atoms with van der Waals surface area (Å²) < 4.78 is 26.6. The average Bonchev–Trinajstić information content (AvgIpc) is 2.85. The second-order valence-electron chi connectivity index (χ2n) is 5.75. The third-order valence-electron chi connectivity index (χ3n) is 4.10. The van der Waals surface area contributed by atoms with Gasteiger partial charge >= 0.3 is 0 Å². The van der Waals surface area contributed by atoms with Crippen LogP contribution in [0.25, 0.3) is 0 Å². The molecule has 1 aromatic rings. The summed E-state index contributed by atoms with van der Waals surface area (Å²) in [6.45, 7) is 4.12. The van der Waals surface area contributed by atoms with E-state index in [9.17, 15) is 13.2 Å². The van der Waals surface area contributed by atoms with Gasteiger partial charge in [0.15, 0.2) is 0 Å². The van der Waals surface area contributed by atoms with Gasteiger partial charge in [-0.05, 0) is 38.0 Å². The Morgan fingerprint density at radius 3 is 2.67 bits per heavy atom. The number of nitrogens with one attached hydrogen (secondary N) is 1. The highest BCUT2D eigenvalue weighted by Crippen LogP contribution is 2.34. The number of amides is 1. The number of hydrogen-bond donors (Lipinski definition) is 2. The molecule has 1 fully saturated rings. The van der Waals surface area contributed by atoms with Crippen LogP contribution >= 0.6 is 0 Å². The van der Waals surface area contributed by atoms with E-state index in [0.717, 1.165) is 5.56 Å². The van der Waals surface area contributed by atoms with E-state index in [-0.39, 0.29) is 17.3 Å². The lowest BCUT2D eigenvalue weighted by molar-refractivity contribution is -0.128. The summed E-state index contributed by atoms with van der Waals surface area (Å²) in [5.41, 5.74) is 6.40. The summed E-state index contributed by atoms with van der Waals surface area (Å²) >= 11 is 0. The highest BCUT2D eigenvalue weighted by molar-refractivity contribution is 7.89. The molecule has 21 heavy (non-hydrogen) atoms. The molecular formula is C14H21N3O3S. The molecule has 0 spiro atoms. The van der Waals surface area contributed by atoms with Gasteiger partial charge in [0, 0.05) is 25.8 Å². The van der Waals surface area contributed by atoms with Crippen LogP contribution in [0.2, 0.25) is 0 Å². The fraction of sp³-hybridized carbons (Fsp3) is 0.500. The normalized spacial score (nSPS) is 23.2. The van der Waals surface area contributed by atoms with Crippen LogP contribution in [0.15, 0.2) is 23.1 Å². The summed E-state index contributed by atoms with van der Waals surface area (Å²) in [5.74, 6) is -0.136. The zero-order valence-electron chi connectivity index (χ0n) is 12.5. The molecule has 1 heterocycles. The molecule has 0 bridgehead atoms. The van der Waals surface area contributed by atoms with Crippen LogP contribution in [0.1, 0.15) is 18.9 Å². The van der Waals surface area contributed by atoms with Crippen molar-refractivity contribution in [2.45, 2.75) is 25.2 Å². The molecule has 1 aliphatic heterocycles. The van der Waals surface area contributed by atoms with Crippen molar-refractivity contribution in [2.24, 2.45) is 5.41 Å². The zero-order valence-corrected chi connectivity index (χ0v) is 13.3. The van der Waals surface area contributed by atoms with Gasteiger partial charge in [0.2, 0.25) is 15.9 Å². The molecule has 1 aromatic carbocycles. The van der Waals surface area contributed by atoms with Gasteiger partial charge in [-0.15, -0.1) is 0 Å². The Balaban J connectivity index is 2.30. The Labute approximate surface area is 125 Å². The minimum absolute atomic E-state index is 0.136. The van der Waals surface area contributed by atoms with Crippen LogP contribution in [0.3, 0.4) is 0 Å². The first kappa shape index (κ1) is 15.8. The number of nitrogens with zero attached hydrogens (tertiary/aromatic N) is 1. The summed E-state index contributed by atoms with van der Waals surface area (Å²) in [5, 5.41) is 2.60. The largest absolute Gasteiger partial charge is 0.398 e. The second-order valence-corrected chi connectivity index (χ2v) is 7.68. The Hall–Kier alpha value is -1.60. The lowest BCUT2D eigenvalue weighted by Gasteiger charge is -2.22. The van der Waals surface area contributed by atoms with Gasteiger partial charge in [-0.2, -0.15) is 4.31 Å². The highest BCUT2D eigenvalue weighted by atomic mass is 32.2. The van der Waals surface area contributed by atoms with Crippen molar-refractivity contribution in [1.29, 1.82) is 0 Å². The maximum Gasteiger partial charge on any atom is 0.243 e. The maximum atomic E-state index is 12.6. The number of benzene rings is 1. The predicted molar refractivity (Wildman–Crippen MR) is 81.1 cm³/mol. The first-order valence-electron chi connectivity index (χ1n) is 6.79. The van der Waals surface area contributed by atoms with Crippen LogP contribution in [0.4, 0.5) is 5.69 Å². The Morgan fingerprint density at radius 1 is 1.43 bits per heavy atom. The molecule has 1 aliphatic rings. The van der Waals surface area contributed by atoms with Crippen molar-refractivity contribution in [3.05, 3.63) is 23.8 Å². The van der Waals surface area contributed by atoms with E-state index >= 15 is 0 Å². The summed E-state index contributed by atoms with van der Waals surface area (Å²) in [4.78, 5) is 12.1. The van der Waals surface area contributed by atoms with E-state index in [2.05, 4.69) is 5.32 Å². The monoisotopic (exact) mass is 311 g/mol. The topological polar surface area (TPSA) is 92.5 Å². The predicted octanol–water partition coefficient (Wildman–Crippen LogP) is 0.724. The molecule has 116 valence electrons. The van der Waals surface area contributed by atoms with Crippen molar-refractivity contribution >= 4 is 21.6 Å². The molecule has 1 unspecified atom stereocenters. The number of nitrogen functional groups attached to an aromatic ring is 1. The molecule has 1 saturated heterocycles. The van der Waals surface area contributed by atoms with Gasteiger partial charge in [-0.3, -0.25) is 4.79 Å². The molecule has 3 N–H and O–H groups in total. The Kier molecular flexibility index (Phi) is 3.99. The minimum Gasteiger partial charge on any atom is -0.398 e. The number of sulfonamides is 1. The first-order valence-corrected chi connectivity index (χ1v) is 8.23. The SMILES string of the molecule is CNC(=O)C1(C)CCN(S(=O)(=O)c2ccc(C)c(N)c2)C1. The third kappa shape index (κ3) is 2.75. The average molecular weight is 311 g/mol. The van der Waals surface area contributed by atoms with E-state index in [1.807, 2.05) is 6.92 Å². The molecule has 6 nitrogen and oxygen atoms in total. The lowest BCUT2D eigenvalue weighted by Crippen LogP contribution is -2.40. The van der Waals surface area contributed by atoms with Crippen LogP contribution < -0.4 is 11.1 Å². The van der Waals surface area contributed by atoms with Gasteiger partial charge in [0.1, 0.15) is 0 Å². The molecule has 7 heteroatoms. The lowest BCUT2D eigenvalue weighted by atomic mass is 9.89. The Morgan fingerprint density at radius 2 is 2.10 bits per heavy atom. The van der Waals surface area contributed by atoms with Crippen LogP contribution in [-0.4, -0.2) is 38.8 Å². The number of hydrogen-bond acceptors (Lipinski definition) is 4. The van der Waals surface area contributed by atoms with E-state index in [1.54, 1.807) is 26.1 Å². The van der Waals surface area contributed by atoms with Crippen molar-refractivity contribution in [3.63, 3.8) is 0 Å². The van der Waals surface area contributed by atoms with Gasteiger partial charge < -0.3 is 11.1 Å². The van der Waals surface area contributed by atoms with Crippen molar-refractivity contribution < 1.29 is 13.2 Å². The van der Waals surface area contributed by atoms with E-state index in [0.29, 0.717) is 18.7 Å². The standard InChI is InChI=1S/C14H21N3O3S/c1-10-4-5-11(8-12(10)15)21(19,20)17-7-6-14(2,9-17)13(18)16-3/h4-5,8H,6-7,9,15H2,1-3H3,(H,16,18). The fourth-order valence-electron chi connectivity index (χ4n) is 2.54. The van der Waals surface area contributed by atoms with Gasteiger partial charge in [0.25, 0.3) is 0 Å². The number of carbonyl (C=O) groups is 1. The number of nitrogens with two attached hydrogens (primary N) is 1. The molecule has 0 aliphatic carbocycles. The molecule has 0 saturated carbocycles. The Bertz CT molecular complexity index is 672. The summed E-state index contributed by atoms with van der Waals surface area (Å²) in [6.07, 6.45) is 0.507. The van der Waals surface area contributed by atoms with Gasteiger partial charge in [0.05, 0.1) is 10.3 Å². The van der Waals surface area contributed by atoms with Crippen LogP contribution in [0, 0.1) is 12.3 Å². The third-order valence-corrected chi connectivity index (χ3v) is 5.94. The number of anilines is 1. The quantitative estimate of drug-likeness (QED) is 0.805. The molecule has 1 atom stereocenters. The van der Waals surface area contributed by atoms with Crippen molar-refractivity contribution in [2.75, 3.05) is 25.9 Å². The summed E-state index contributed by atoms with van der Waals surface area (Å²) in [6, 6.07) is 4.72. The summed E-state index contributed by atoms with van der Waals surface area (Å²) in [7, 11) is -2.06. The van der Waals surface area contributed by atoms with E-state index in [4.69, 9.17) is 5.73 Å². The molecule has 2 rings (SSSR count). The smallest absolute Gasteiger partial charge is 0.243 e. The van der Waals surface area contributed by atoms with Crippen molar-refractivity contribution in [1.82, 2.24) is 9.62 Å². The number of rotatable bonds is 3. The molecular weight excluding hydrogens is 290 g/mol. The van der Waals surface area contributed by atoms with Crippen LogP contribution in [0.5, 0.6) is 0 Å². The second kappa shape index (κ2) is 5.31. The zero-order chi connectivity index (χ0) is 15.8. The molecule has 0 radical (unpaired) electrons. The fourth-order valence-corrected chi connectivity index (χ4v) is 4.14. The number of aryl methyl sites for hydroxylation is 1. The number of carbonyl (C=O) groups excluding carboxylic acids is 1. The highest BCUT2D eigenvalue weighted by Gasteiger charge is 2.44. The van der Waals surface area contributed by atoms with Crippen LogP contribution in [-0.2, 0) is 14.8 Å². The molecule has 1 amide bonds. The van der Waals surface area contributed by atoms with Gasteiger partial charge in [-0.1, -0.05) is 6.07 Å². The van der Waals surface area contributed by atoms with E-state index < -0.39 is 15.4 Å². The minimum atomic E-state index is -3.62. The maximum absolute atomic E-state index is 12.6. The molecule has 0 aromatic heterocycles. The van der Waals surface area contributed by atoms with E-state index in [1.165, 1.54) is 10.4 Å². The van der Waals surface area contributed by atoms with Gasteiger partial charge in [-0.25, -0.2) is 8.42 Å². The van der Waals surface area contributed by atoms with Crippen molar-refractivity contribution in [3.8, 4) is 0 Å².